The van der Waals surface area contributed by atoms with Crippen LogP contribution < -0.4 is 0 Å². The van der Waals surface area contributed by atoms with Gasteiger partial charge in [0.2, 0.25) is 0 Å². The van der Waals surface area contributed by atoms with Gasteiger partial charge in [0.15, 0.2) is 5.78 Å². The summed E-state index contributed by atoms with van der Waals surface area (Å²) < 4.78 is 0. The minimum atomic E-state index is -0.243. The second kappa shape index (κ2) is 6.85. The summed E-state index contributed by atoms with van der Waals surface area (Å²) in [6.45, 7) is 1.30. The van der Waals surface area contributed by atoms with Gasteiger partial charge in [0.05, 0.1) is 6.10 Å². The first kappa shape index (κ1) is 17.6. The highest BCUT2D eigenvalue weighted by molar-refractivity contribution is 6.00. The minimum absolute atomic E-state index is 0.0474. The summed E-state index contributed by atoms with van der Waals surface area (Å²) in [5.74, 6) is 0.971. The highest BCUT2D eigenvalue weighted by atomic mass is 16.3. The lowest BCUT2D eigenvalue weighted by atomic mass is 9.94. The largest absolute Gasteiger partial charge is 0.392 e. The van der Waals surface area contributed by atoms with Gasteiger partial charge in [-0.05, 0) is 48.9 Å². The molecule has 2 saturated carbocycles. The van der Waals surface area contributed by atoms with Gasteiger partial charge in [-0.2, -0.15) is 0 Å². The lowest BCUT2D eigenvalue weighted by Crippen LogP contribution is -2.47. The highest BCUT2D eigenvalue weighted by Crippen LogP contribution is 2.37. The molecule has 2 aliphatic carbocycles. The number of amides is 1. The Morgan fingerprint density at radius 2 is 1.50 bits per heavy atom. The zero-order valence-electron chi connectivity index (χ0n) is 15.9. The average molecular weight is 375 g/mol. The van der Waals surface area contributed by atoms with Crippen molar-refractivity contribution >= 4 is 11.7 Å². The Kier molecular flexibility index (Phi) is 4.31. The number of aliphatic hydroxyl groups excluding tert-OH is 1. The number of nitrogens with zero attached hydrogens (tertiary/aromatic N) is 1. The van der Waals surface area contributed by atoms with Gasteiger partial charge in [-0.25, -0.2) is 0 Å². The standard InChI is InChI=1S/C24H25NO3/c26-22(17-8-9-17)16-6-4-15(5-7-16)18-2-1-3-19(12-18)24(28)25-13-20-10-11-21(14-25)23(20)27/h1-7,12,17,20-21,23,27H,8-11,13-14H2/t20-,21+,23?. The Labute approximate surface area is 165 Å². The molecule has 1 unspecified atom stereocenters. The molecule has 3 aliphatic rings. The maximum Gasteiger partial charge on any atom is 0.253 e. The Bertz CT molecular complexity index is 902. The van der Waals surface area contributed by atoms with Gasteiger partial charge in [0, 0.05) is 42.0 Å². The molecule has 2 aromatic carbocycles. The highest BCUT2D eigenvalue weighted by Gasteiger charge is 2.42. The molecule has 1 saturated heterocycles. The molecular weight excluding hydrogens is 350 g/mol. The number of ketones is 1. The van der Waals surface area contributed by atoms with E-state index in [9.17, 15) is 14.7 Å². The molecule has 144 valence electrons. The molecule has 28 heavy (non-hydrogen) atoms. The first-order chi connectivity index (χ1) is 13.6. The van der Waals surface area contributed by atoms with Gasteiger partial charge in [0.1, 0.15) is 0 Å². The monoisotopic (exact) mass is 375 g/mol. The number of likely N-dealkylation sites (tertiary alicyclic amines) is 1. The van der Waals surface area contributed by atoms with Crippen molar-refractivity contribution in [2.45, 2.75) is 31.8 Å². The molecule has 0 spiro atoms. The fraction of sp³-hybridized carbons (Fsp3) is 0.417. The molecule has 3 atom stereocenters. The number of carbonyl (C=O) groups excluding carboxylic acids is 2. The van der Waals surface area contributed by atoms with Crippen LogP contribution in [0.2, 0.25) is 0 Å². The molecule has 1 N–H and O–H groups in total. The van der Waals surface area contributed by atoms with E-state index in [4.69, 9.17) is 0 Å². The van der Waals surface area contributed by atoms with E-state index in [0.29, 0.717) is 18.7 Å². The number of hydrogen-bond acceptors (Lipinski definition) is 3. The number of aliphatic hydroxyl groups is 1. The maximum atomic E-state index is 13.0. The molecule has 1 aliphatic heterocycles. The third kappa shape index (κ3) is 3.16. The topological polar surface area (TPSA) is 57.6 Å². The number of carbonyl (C=O) groups is 2. The van der Waals surface area contributed by atoms with E-state index in [1.807, 2.05) is 53.4 Å². The molecule has 0 radical (unpaired) electrons. The molecule has 4 heteroatoms. The minimum Gasteiger partial charge on any atom is -0.392 e. The summed E-state index contributed by atoms with van der Waals surface area (Å²) >= 11 is 0. The van der Waals surface area contributed by atoms with E-state index in [-0.39, 0.29) is 35.5 Å². The molecule has 0 aromatic heterocycles. The number of rotatable bonds is 4. The quantitative estimate of drug-likeness (QED) is 0.827. The van der Waals surface area contributed by atoms with Crippen LogP contribution in [0.1, 0.15) is 46.4 Å². The smallest absolute Gasteiger partial charge is 0.253 e. The Balaban J connectivity index is 1.35. The number of fused-ring (bicyclic) bond motifs is 2. The van der Waals surface area contributed by atoms with Gasteiger partial charge >= 0.3 is 0 Å². The number of hydrogen-bond donors (Lipinski definition) is 1. The molecule has 2 aromatic rings. The van der Waals surface area contributed by atoms with Crippen molar-refractivity contribution in [3.05, 3.63) is 59.7 Å². The summed E-state index contributed by atoms with van der Waals surface area (Å²) in [6.07, 6.45) is 3.82. The van der Waals surface area contributed by atoms with Crippen LogP contribution in [-0.2, 0) is 0 Å². The van der Waals surface area contributed by atoms with Crippen LogP contribution in [0.5, 0.6) is 0 Å². The van der Waals surface area contributed by atoms with Gasteiger partial charge in [-0.3, -0.25) is 9.59 Å². The number of benzene rings is 2. The fourth-order valence-corrected chi connectivity index (χ4v) is 4.78. The fourth-order valence-electron chi connectivity index (χ4n) is 4.78. The summed E-state index contributed by atoms with van der Waals surface area (Å²) in [7, 11) is 0. The lowest BCUT2D eigenvalue weighted by molar-refractivity contribution is 0.0166. The van der Waals surface area contributed by atoms with Crippen LogP contribution in [0.4, 0.5) is 0 Å². The van der Waals surface area contributed by atoms with Crippen LogP contribution in [0.15, 0.2) is 48.5 Å². The summed E-state index contributed by atoms with van der Waals surface area (Å²) in [4.78, 5) is 27.1. The van der Waals surface area contributed by atoms with Crippen molar-refractivity contribution in [3.63, 3.8) is 0 Å². The second-order valence-corrected chi connectivity index (χ2v) is 8.59. The van der Waals surface area contributed by atoms with Crippen molar-refractivity contribution in [2.24, 2.45) is 17.8 Å². The molecule has 5 rings (SSSR count). The van der Waals surface area contributed by atoms with Crippen molar-refractivity contribution < 1.29 is 14.7 Å². The van der Waals surface area contributed by atoms with Crippen molar-refractivity contribution in [2.75, 3.05) is 13.1 Å². The third-order valence-electron chi connectivity index (χ3n) is 6.63. The van der Waals surface area contributed by atoms with E-state index in [1.165, 1.54) is 0 Å². The van der Waals surface area contributed by atoms with Gasteiger partial charge in [-0.15, -0.1) is 0 Å². The predicted octanol–water partition coefficient (Wildman–Crippen LogP) is 3.79. The molecule has 4 nitrogen and oxygen atoms in total. The van der Waals surface area contributed by atoms with Crippen LogP contribution in [-0.4, -0.2) is 40.9 Å². The van der Waals surface area contributed by atoms with E-state index >= 15 is 0 Å². The molecule has 1 heterocycles. The third-order valence-corrected chi connectivity index (χ3v) is 6.63. The predicted molar refractivity (Wildman–Crippen MR) is 107 cm³/mol. The maximum absolute atomic E-state index is 13.0. The summed E-state index contributed by atoms with van der Waals surface area (Å²) in [6, 6.07) is 15.4. The Morgan fingerprint density at radius 3 is 2.14 bits per heavy atom. The number of piperidine rings is 1. The van der Waals surface area contributed by atoms with Gasteiger partial charge < -0.3 is 10.0 Å². The second-order valence-electron chi connectivity index (χ2n) is 8.59. The van der Waals surface area contributed by atoms with E-state index in [0.717, 1.165) is 42.4 Å². The molecule has 3 fully saturated rings. The summed E-state index contributed by atoms with van der Waals surface area (Å²) in [5, 5.41) is 10.2. The first-order valence-electron chi connectivity index (χ1n) is 10.3. The Morgan fingerprint density at radius 1 is 0.821 bits per heavy atom. The summed E-state index contributed by atoms with van der Waals surface area (Å²) in [5.41, 5.74) is 3.46. The first-order valence-corrected chi connectivity index (χ1v) is 10.3. The van der Waals surface area contributed by atoms with Crippen molar-refractivity contribution in [3.8, 4) is 11.1 Å². The van der Waals surface area contributed by atoms with Crippen LogP contribution in [0.25, 0.3) is 11.1 Å². The van der Waals surface area contributed by atoms with Crippen LogP contribution >= 0.6 is 0 Å². The van der Waals surface area contributed by atoms with Gasteiger partial charge in [-0.1, -0.05) is 36.4 Å². The van der Waals surface area contributed by atoms with Crippen molar-refractivity contribution in [1.82, 2.24) is 4.90 Å². The van der Waals surface area contributed by atoms with Gasteiger partial charge in [0.25, 0.3) is 5.91 Å². The lowest BCUT2D eigenvalue weighted by Gasteiger charge is -2.35. The van der Waals surface area contributed by atoms with Crippen LogP contribution in [0.3, 0.4) is 0 Å². The normalized spacial score (nSPS) is 26.3. The molecular formula is C24H25NO3. The zero-order chi connectivity index (χ0) is 19.3. The van der Waals surface area contributed by atoms with Crippen LogP contribution in [0, 0.1) is 17.8 Å². The van der Waals surface area contributed by atoms with E-state index < -0.39 is 0 Å². The Hall–Kier alpha value is -2.46. The molecule has 2 bridgehead atoms. The average Bonchev–Trinajstić information content (AvgIpc) is 3.55. The SMILES string of the molecule is O=C(c1ccc(-c2cccc(C(=O)N3C[C@H]4CC[C@@H](C3)C4O)c2)cc1)C1CC1. The number of Topliss-reactive ketones (excluding diaryl/α,β-unsaturated/α-hetero) is 1. The molecule has 1 amide bonds. The van der Waals surface area contributed by atoms with Crippen molar-refractivity contribution in [1.29, 1.82) is 0 Å². The zero-order valence-corrected chi connectivity index (χ0v) is 15.9. The van der Waals surface area contributed by atoms with E-state index in [2.05, 4.69) is 0 Å². The van der Waals surface area contributed by atoms with E-state index in [1.54, 1.807) is 0 Å².